The first-order chi connectivity index (χ1) is 14.9. The summed E-state index contributed by atoms with van der Waals surface area (Å²) in [5.74, 6) is -0.0276. The van der Waals surface area contributed by atoms with Crippen molar-refractivity contribution in [1.29, 1.82) is 0 Å². The molecule has 2 bridgehead atoms. The van der Waals surface area contributed by atoms with Crippen LogP contribution in [0.4, 0.5) is 0 Å². The largest absolute Gasteiger partial charge is 0.405 e. The van der Waals surface area contributed by atoms with Crippen LogP contribution in [-0.2, 0) is 14.0 Å². The van der Waals surface area contributed by atoms with Gasteiger partial charge in [-0.2, -0.15) is 0 Å². The Morgan fingerprint density at radius 2 is 1.45 bits per heavy atom. The van der Waals surface area contributed by atoms with E-state index in [-0.39, 0.29) is 35.4 Å². The van der Waals surface area contributed by atoms with E-state index < -0.39 is 14.4 Å². The van der Waals surface area contributed by atoms with Gasteiger partial charge in [0.1, 0.15) is 5.78 Å². The van der Waals surface area contributed by atoms with Gasteiger partial charge in [-0.05, 0) is 28.3 Å². The Bertz CT molecular complexity index is 838. The van der Waals surface area contributed by atoms with Gasteiger partial charge in [-0.25, -0.2) is 0 Å². The van der Waals surface area contributed by atoms with E-state index in [1.54, 1.807) is 0 Å². The van der Waals surface area contributed by atoms with Crippen LogP contribution in [0.3, 0.4) is 0 Å². The van der Waals surface area contributed by atoms with Crippen LogP contribution in [0, 0.1) is 11.8 Å². The molecule has 2 fully saturated rings. The van der Waals surface area contributed by atoms with Crippen molar-refractivity contribution in [2.24, 2.45) is 11.8 Å². The SMILES string of the molecule is CC(C)(C)[Si](OC[C@H]1O[C@@H](CO)[C@@H]2CCC[C@H]1C2=O)(c1ccccc1)c1ccccc1. The molecule has 1 heterocycles. The average molecular weight is 439 g/mol. The highest BCUT2D eigenvalue weighted by Crippen LogP contribution is 2.40. The van der Waals surface area contributed by atoms with Crippen molar-refractivity contribution in [3.63, 3.8) is 0 Å². The van der Waals surface area contributed by atoms with E-state index in [1.807, 2.05) is 12.1 Å². The van der Waals surface area contributed by atoms with E-state index in [0.717, 1.165) is 19.3 Å². The normalized spacial score (nSPS) is 26.6. The number of ether oxygens (including phenoxy) is 1. The van der Waals surface area contributed by atoms with E-state index in [0.29, 0.717) is 6.61 Å². The predicted octanol–water partition coefficient (Wildman–Crippen LogP) is 3.31. The molecule has 2 aromatic rings. The first-order valence-corrected chi connectivity index (χ1v) is 13.3. The lowest BCUT2D eigenvalue weighted by Gasteiger charge is -2.47. The molecular weight excluding hydrogens is 404 g/mol. The molecule has 0 amide bonds. The molecule has 0 spiro atoms. The van der Waals surface area contributed by atoms with E-state index in [4.69, 9.17) is 9.16 Å². The standard InChI is InChI=1S/C26H34O4Si/c1-26(2,3)31(19-11-6-4-7-12-19,20-13-8-5-9-14-20)29-18-24-22-16-10-15-21(25(22)28)23(17-27)30-24/h4-9,11-14,21-24,27H,10,15-18H2,1-3H3/t21-,22+,23-,24+/m0/s1. The molecule has 0 radical (unpaired) electrons. The number of aliphatic hydroxyl groups excluding tert-OH is 1. The number of ketones is 1. The highest BCUT2D eigenvalue weighted by Gasteiger charge is 2.52. The van der Waals surface area contributed by atoms with Crippen LogP contribution in [0.15, 0.2) is 60.7 Å². The smallest absolute Gasteiger partial charge is 0.261 e. The van der Waals surface area contributed by atoms with Gasteiger partial charge in [0.15, 0.2) is 0 Å². The first-order valence-electron chi connectivity index (χ1n) is 11.4. The molecule has 5 heteroatoms. The third kappa shape index (κ3) is 4.04. The maximum atomic E-state index is 13.0. The van der Waals surface area contributed by atoms with Crippen molar-refractivity contribution in [1.82, 2.24) is 0 Å². The second-order valence-electron chi connectivity index (χ2n) is 9.92. The average Bonchev–Trinajstić information content (AvgIpc) is 2.76. The summed E-state index contributed by atoms with van der Waals surface area (Å²) in [4.78, 5) is 13.0. The lowest BCUT2D eigenvalue weighted by molar-refractivity contribution is -0.175. The van der Waals surface area contributed by atoms with Gasteiger partial charge in [0, 0.05) is 11.8 Å². The number of aliphatic hydroxyl groups is 1. The Labute approximate surface area is 186 Å². The molecule has 0 unspecified atom stereocenters. The number of carbonyl (C=O) groups excluding carboxylic acids is 1. The van der Waals surface area contributed by atoms with Gasteiger partial charge in [-0.1, -0.05) is 87.9 Å². The Morgan fingerprint density at radius 1 is 0.935 bits per heavy atom. The van der Waals surface area contributed by atoms with Gasteiger partial charge in [-0.3, -0.25) is 4.79 Å². The third-order valence-electron chi connectivity index (χ3n) is 7.07. The minimum Gasteiger partial charge on any atom is -0.405 e. The minimum atomic E-state index is -2.68. The van der Waals surface area contributed by atoms with Gasteiger partial charge in [0.25, 0.3) is 8.32 Å². The van der Waals surface area contributed by atoms with E-state index in [1.165, 1.54) is 10.4 Å². The summed E-state index contributed by atoms with van der Waals surface area (Å²) in [7, 11) is -2.68. The van der Waals surface area contributed by atoms with Gasteiger partial charge in [0.05, 0.1) is 25.4 Å². The number of benzene rings is 2. The molecule has 2 aromatic carbocycles. The molecule has 4 nitrogen and oxygen atoms in total. The van der Waals surface area contributed by atoms with Crippen molar-refractivity contribution in [3.8, 4) is 0 Å². The van der Waals surface area contributed by atoms with Crippen LogP contribution in [0.25, 0.3) is 0 Å². The zero-order valence-corrected chi connectivity index (χ0v) is 19.8. The molecule has 1 aliphatic heterocycles. The van der Waals surface area contributed by atoms with Crippen LogP contribution in [0.5, 0.6) is 0 Å². The summed E-state index contributed by atoms with van der Waals surface area (Å²) in [5.41, 5.74) is 0. The van der Waals surface area contributed by atoms with Gasteiger partial charge >= 0.3 is 0 Å². The van der Waals surface area contributed by atoms with Crippen molar-refractivity contribution >= 4 is 24.5 Å². The quantitative estimate of drug-likeness (QED) is 0.703. The Kier molecular flexibility index (Phi) is 6.49. The summed E-state index contributed by atoms with van der Waals surface area (Å²) >= 11 is 0. The molecule has 1 aliphatic carbocycles. The molecule has 0 aromatic heterocycles. The topological polar surface area (TPSA) is 55.8 Å². The number of carbonyl (C=O) groups is 1. The predicted molar refractivity (Wildman–Crippen MR) is 125 cm³/mol. The third-order valence-corrected chi connectivity index (χ3v) is 12.1. The van der Waals surface area contributed by atoms with Crippen molar-refractivity contribution in [2.45, 2.75) is 57.3 Å². The molecule has 4 rings (SSSR count). The van der Waals surface area contributed by atoms with Crippen LogP contribution < -0.4 is 10.4 Å². The maximum absolute atomic E-state index is 13.0. The lowest BCUT2D eigenvalue weighted by atomic mass is 9.73. The fourth-order valence-corrected chi connectivity index (χ4v) is 10.1. The zero-order valence-electron chi connectivity index (χ0n) is 18.8. The van der Waals surface area contributed by atoms with Crippen molar-refractivity contribution in [3.05, 3.63) is 60.7 Å². The van der Waals surface area contributed by atoms with Gasteiger partial charge in [-0.15, -0.1) is 0 Å². The van der Waals surface area contributed by atoms with Crippen molar-refractivity contribution < 1.29 is 19.1 Å². The Balaban J connectivity index is 1.71. The summed E-state index contributed by atoms with van der Waals surface area (Å²) in [6, 6.07) is 21.0. The fraction of sp³-hybridized carbons (Fsp3) is 0.500. The van der Waals surface area contributed by atoms with Gasteiger partial charge < -0.3 is 14.3 Å². The molecule has 4 atom stereocenters. The summed E-state index contributed by atoms with van der Waals surface area (Å²) in [6.45, 7) is 7.00. The monoisotopic (exact) mass is 438 g/mol. The number of Topliss-reactive ketones (excluding diaryl/α,β-unsaturated/α-hetero) is 1. The minimum absolute atomic E-state index is 0.112. The lowest BCUT2D eigenvalue weighted by Crippen LogP contribution is -2.67. The Hall–Kier alpha value is -1.79. The molecule has 1 saturated carbocycles. The number of hydrogen-bond acceptors (Lipinski definition) is 4. The molecule has 31 heavy (non-hydrogen) atoms. The first kappa shape index (κ1) is 22.4. The van der Waals surface area contributed by atoms with Crippen LogP contribution in [-0.4, -0.2) is 44.6 Å². The Morgan fingerprint density at radius 3 is 1.94 bits per heavy atom. The molecule has 1 N–H and O–H groups in total. The highest BCUT2D eigenvalue weighted by atomic mass is 28.4. The van der Waals surface area contributed by atoms with Crippen LogP contribution in [0.1, 0.15) is 40.0 Å². The van der Waals surface area contributed by atoms with Crippen molar-refractivity contribution in [2.75, 3.05) is 13.2 Å². The molecular formula is C26H34O4Si. The zero-order chi connectivity index (χ0) is 22.1. The second kappa shape index (κ2) is 8.98. The fourth-order valence-electron chi connectivity index (χ4n) is 5.56. The van der Waals surface area contributed by atoms with E-state index >= 15 is 0 Å². The van der Waals surface area contributed by atoms with Crippen LogP contribution >= 0.6 is 0 Å². The second-order valence-corrected chi connectivity index (χ2v) is 14.2. The van der Waals surface area contributed by atoms with E-state index in [2.05, 4.69) is 69.3 Å². The number of rotatable bonds is 6. The summed E-state index contributed by atoms with van der Waals surface area (Å²) in [6.07, 6.45) is 1.97. The molecule has 166 valence electrons. The summed E-state index contributed by atoms with van der Waals surface area (Å²) < 4.78 is 13.3. The van der Waals surface area contributed by atoms with Crippen LogP contribution in [0.2, 0.25) is 5.04 Å². The molecule has 2 aliphatic rings. The summed E-state index contributed by atoms with van der Waals surface area (Å²) in [5, 5.41) is 12.2. The maximum Gasteiger partial charge on any atom is 0.261 e. The highest BCUT2D eigenvalue weighted by molar-refractivity contribution is 6.99. The number of hydrogen-bond donors (Lipinski definition) is 1. The molecule has 1 saturated heterocycles. The van der Waals surface area contributed by atoms with Gasteiger partial charge in [0.2, 0.25) is 0 Å². The van der Waals surface area contributed by atoms with E-state index in [9.17, 15) is 9.90 Å². The number of fused-ring (bicyclic) bond motifs is 2.